The molecule has 0 aliphatic carbocycles. The number of ether oxygens (including phenoxy) is 1. The van der Waals surface area contributed by atoms with Crippen molar-refractivity contribution in [1.29, 1.82) is 0 Å². The van der Waals surface area contributed by atoms with Gasteiger partial charge in [-0.1, -0.05) is 26.0 Å². The summed E-state index contributed by atoms with van der Waals surface area (Å²) in [7, 11) is 0. The second kappa shape index (κ2) is 7.51. The number of hydrogen-bond acceptors (Lipinski definition) is 3. The minimum Gasteiger partial charge on any atom is -0.491 e. The molecule has 0 spiro atoms. The van der Waals surface area contributed by atoms with E-state index in [0.29, 0.717) is 0 Å². The van der Waals surface area contributed by atoms with Crippen LogP contribution in [-0.4, -0.2) is 30.9 Å². The maximum atomic E-state index is 8.76. The summed E-state index contributed by atoms with van der Waals surface area (Å²) in [5.74, 6) is 0.919. The Balaban J connectivity index is 2.57. The van der Waals surface area contributed by atoms with Gasteiger partial charge >= 0.3 is 0 Å². The van der Waals surface area contributed by atoms with E-state index in [1.807, 2.05) is 26.0 Å². The fourth-order valence-corrected chi connectivity index (χ4v) is 1.96. The van der Waals surface area contributed by atoms with Crippen molar-refractivity contribution in [2.45, 2.75) is 45.6 Å². The van der Waals surface area contributed by atoms with Crippen molar-refractivity contribution in [3.8, 4) is 5.75 Å². The number of nitrogens with one attached hydrogen (secondary N) is 1. The molecule has 3 nitrogen and oxygen atoms in total. The first-order valence-corrected chi connectivity index (χ1v) is 7.04. The largest absolute Gasteiger partial charge is 0.491 e. The normalized spacial score (nSPS) is 11.9. The molecule has 0 unspecified atom stereocenters. The van der Waals surface area contributed by atoms with E-state index < -0.39 is 0 Å². The van der Waals surface area contributed by atoms with Crippen molar-refractivity contribution in [3.63, 3.8) is 0 Å². The molecule has 0 heterocycles. The summed E-state index contributed by atoms with van der Waals surface area (Å²) in [6.45, 7) is 10.5. The fraction of sp³-hybridized carbons (Fsp3) is 0.625. The summed E-state index contributed by atoms with van der Waals surface area (Å²) in [6.07, 6.45) is 1.01. The van der Waals surface area contributed by atoms with Crippen LogP contribution in [0.25, 0.3) is 0 Å². The lowest BCUT2D eigenvalue weighted by molar-refractivity contribution is 0.242. The van der Waals surface area contributed by atoms with Crippen LogP contribution < -0.4 is 10.1 Å². The van der Waals surface area contributed by atoms with E-state index in [2.05, 4.69) is 31.3 Å². The van der Waals surface area contributed by atoms with Crippen molar-refractivity contribution < 1.29 is 9.84 Å². The highest BCUT2D eigenvalue weighted by Gasteiger charge is 2.19. The van der Waals surface area contributed by atoms with E-state index in [1.54, 1.807) is 0 Å². The Morgan fingerprint density at radius 1 is 1.21 bits per heavy atom. The number of rotatable bonds is 8. The topological polar surface area (TPSA) is 41.5 Å². The van der Waals surface area contributed by atoms with Crippen molar-refractivity contribution in [2.75, 3.05) is 19.7 Å². The Bertz CT molecular complexity index is 358. The lowest BCUT2D eigenvalue weighted by Gasteiger charge is -2.26. The summed E-state index contributed by atoms with van der Waals surface area (Å²) in [6, 6.07) is 8.33. The zero-order chi connectivity index (χ0) is 14.3. The Hall–Kier alpha value is -1.06. The third-order valence-corrected chi connectivity index (χ3v) is 3.09. The van der Waals surface area contributed by atoms with Gasteiger partial charge in [0.2, 0.25) is 0 Å². The van der Waals surface area contributed by atoms with Crippen LogP contribution in [-0.2, 0) is 5.41 Å². The molecule has 1 aromatic carbocycles. The molecular weight excluding hydrogens is 238 g/mol. The number of hydrogen-bond donors (Lipinski definition) is 2. The van der Waals surface area contributed by atoms with E-state index in [9.17, 15) is 0 Å². The minimum atomic E-state index is 0.0752. The molecule has 0 aromatic heterocycles. The second-order valence-electron chi connectivity index (χ2n) is 5.83. The quantitative estimate of drug-likeness (QED) is 0.710. The molecule has 2 N–H and O–H groups in total. The fourth-order valence-electron chi connectivity index (χ4n) is 1.96. The zero-order valence-corrected chi connectivity index (χ0v) is 12.6. The standard InChI is InChI=1S/C16H27NO2/c1-13(2)19-15-8-6-14(7-9-15)16(3,4)12-17-10-5-11-18/h6-9,13,17-18H,5,10-12H2,1-4H3. The predicted octanol–water partition coefficient (Wildman–Crippen LogP) is 2.72. The van der Waals surface area contributed by atoms with Crippen LogP contribution in [0, 0.1) is 0 Å². The van der Waals surface area contributed by atoms with E-state index >= 15 is 0 Å². The lowest BCUT2D eigenvalue weighted by atomic mass is 9.84. The average molecular weight is 265 g/mol. The molecule has 0 radical (unpaired) electrons. The third kappa shape index (κ3) is 5.62. The Morgan fingerprint density at radius 3 is 2.37 bits per heavy atom. The maximum Gasteiger partial charge on any atom is 0.119 e. The van der Waals surface area contributed by atoms with E-state index in [1.165, 1.54) is 5.56 Å². The molecule has 0 atom stereocenters. The van der Waals surface area contributed by atoms with E-state index in [-0.39, 0.29) is 18.1 Å². The molecule has 108 valence electrons. The molecule has 1 aromatic rings. The second-order valence-corrected chi connectivity index (χ2v) is 5.83. The number of aliphatic hydroxyl groups is 1. The molecule has 0 aliphatic rings. The third-order valence-electron chi connectivity index (χ3n) is 3.09. The molecule has 0 fully saturated rings. The summed E-state index contributed by atoms with van der Waals surface area (Å²) in [4.78, 5) is 0. The number of aliphatic hydroxyl groups excluding tert-OH is 1. The van der Waals surface area contributed by atoms with Gasteiger partial charge in [0.15, 0.2) is 0 Å². The van der Waals surface area contributed by atoms with Gasteiger partial charge in [0.1, 0.15) is 5.75 Å². The van der Waals surface area contributed by atoms with Crippen molar-refractivity contribution in [1.82, 2.24) is 5.32 Å². The lowest BCUT2D eigenvalue weighted by Crippen LogP contribution is -2.33. The Morgan fingerprint density at radius 2 is 1.84 bits per heavy atom. The highest BCUT2D eigenvalue weighted by Crippen LogP contribution is 2.25. The highest BCUT2D eigenvalue weighted by atomic mass is 16.5. The highest BCUT2D eigenvalue weighted by molar-refractivity contribution is 5.32. The van der Waals surface area contributed by atoms with Crippen LogP contribution in [0.15, 0.2) is 24.3 Å². The van der Waals surface area contributed by atoms with Crippen LogP contribution in [0.4, 0.5) is 0 Å². The molecule has 19 heavy (non-hydrogen) atoms. The predicted molar refractivity (Wildman–Crippen MR) is 79.8 cm³/mol. The van der Waals surface area contributed by atoms with Crippen LogP contribution >= 0.6 is 0 Å². The summed E-state index contributed by atoms with van der Waals surface area (Å²) in [5, 5.41) is 12.1. The molecule has 0 amide bonds. The van der Waals surface area contributed by atoms with Crippen LogP contribution in [0.5, 0.6) is 5.75 Å². The molecule has 3 heteroatoms. The first-order valence-electron chi connectivity index (χ1n) is 7.04. The summed E-state index contributed by atoms with van der Waals surface area (Å²) >= 11 is 0. The number of benzene rings is 1. The molecule has 0 bridgehead atoms. The van der Waals surface area contributed by atoms with Gasteiger partial charge in [0.05, 0.1) is 6.10 Å². The van der Waals surface area contributed by atoms with Crippen molar-refractivity contribution in [2.24, 2.45) is 0 Å². The van der Waals surface area contributed by atoms with Gasteiger partial charge in [0, 0.05) is 18.6 Å². The van der Waals surface area contributed by atoms with Gasteiger partial charge in [-0.3, -0.25) is 0 Å². The molecule has 1 rings (SSSR count). The minimum absolute atomic E-state index is 0.0752. The monoisotopic (exact) mass is 265 g/mol. The van der Waals surface area contributed by atoms with Gasteiger partial charge in [0.25, 0.3) is 0 Å². The van der Waals surface area contributed by atoms with Crippen LogP contribution in [0.2, 0.25) is 0 Å². The molecular formula is C16H27NO2. The van der Waals surface area contributed by atoms with Gasteiger partial charge < -0.3 is 15.2 Å². The van der Waals surface area contributed by atoms with Gasteiger partial charge in [-0.25, -0.2) is 0 Å². The Kier molecular flexibility index (Phi) is 6.32. The first-order chi connectivity index (χ1) is 8.95. The maximum absolute atomic E-state index is 8.76. The van der Waals surface area contributed by atoms with E-state index in [0.717, 1.165) is 25.3 Å². The Labute approximate surface area is 117 Å². The summed E-state index contributed by atoms with van der Waals surface area (Å²) < 4.78 is 5.65. The molecule has 0 saturated heterocycles. The average Bonchev–Trinajstić information content (AvgIpc) is 2.35. The van der Waals surface area contributed by atoms with Crippen molar-refractivity contribution >= 4 is 0 Å². The van der Waals surface area contributed by atoms with Crippen LogP contribution in [0.1, 0.15) is 39.7 Å². The van der Waals surface area contributed by atoms with Gasteiger partial charge in [-0.2, -0.15) is 0 Å². The zero-order valence-electron chi connectivity index (χ0n) is 12.6. The van der Waals surface area contributed by atoms with Gasteiger partial charge in [-0.05, 0) is 44.5 Å². The van der Waals surface area contributed by atoms with Crippen molar-refractivity contribution in [3.05, 3.63) is 29.8 Å². The summed E-state index contributed by atoms with van der Waals surface area (Å²) in [5.41, 5.74) is 1.37. The van der Waals surface area contributed by atoms with Crippen LogP contribution in [0.3, 0.4) is 0 Å². The van der Waals surface area contributed by atoms with E-state index in [4.69, 9.17) is 9.84 Å². The first kappa shape index (κ1) is 16.0. The molecule has 0 aliphatic heterocycles. The molecule has 0 saturated carbocycles. The van der Waals surface area contributed by atoms with Gasteiger partial charge in [-0.15, -0.1) is 0 Å². The smallest absolute Gasteiger partial charge is 0.119 e. The SMILES string of the molecule is CC(C)Oc1ccc(C(C)(C)CNCCCO)cc1.